The molecule has 9 rings (SSSR count). The second-order valence-electron chi connectivity index (χ2n) is 14.7. The molecule has 4 aliphatic heterocycles. The van der Waals surface area contributed by atoms with E-state index in [4.69, 9.17) is 21.1 Å². The average molecular weight is 634 g/mol. The van der Waals surface area contributed by atoms with Gasteiger partial charge in [-0.2, -0.15) is 9.97 Å². The molecule has 1 saturated carbocycles. The topological polar surface area (TPSA) is 94.0 Å². The predicted molar refractivity (Wildman–Crippen MR) is 180 cm³/mol. The fourth-order valence-electron chi connectivity index (χ4n) is 8.99. The highest BCUT2D eigenvalue weighted by molar-refractivity contribution is 6.04. The molecular formula is C38H40FN5O3. The van der Waals surface area contributed by atoms with E-state index in [-0.39, 0.29) is 28.8 Å². The molecule has 8 nitrogen and oxygen atoms in total. The summed E-state index contributed by atoms with van der Waals surface area (Å²) in [5, 5.41) is 26.7. The summed E-state index contributed by atoms with van der Waals surface area (Å²) in [6.45, 7) is 3.02. The van der Waals surface area contributed by atoms with Crippen molar-refractivity contribution in [1.29, 1.82) is 0 Å². The third kappa shape index (κ3) is 5.09. The van der Waals surface area contributed by atoms with Crippen molar-refractivity contribution < 1.29 is 19.3 Å². The van der Waals surface area contributed by atoms with E-state index in [1.54, 1.807) is 18.2 Å². The van der Waals surface area contributed by atoms with E-state index in [1.165, 1.54) is 0 Å². The van der Waals surface area contributed by atoms with Crippen LogP contribution in [0.3, 0.4) is 0 Å². The van der Waals surface area contributed by atoms with Gasteiger partial charge in [-0.25, -0.2) is 4.39 Å². The number of nitrogens with zero attached hydrogens (tertiary/aromatic N) is 4. The van der Waals surface area contributed by atoms with Crippen LogP contribution in [0, 0.1) is 23.6 Å². The van der Waals surface area contributed by atoms with Crippen LogP contribution in [0.5, 0.6) is 11.8 Å². The summed E-state index contributed by atoms with van der Waals surface area (Å²) in [5.74, 6) is 2.98. The van der Waals surface area contributed by atoms with Crippen molar-refractivity contribution in [3.63, 3.8) is 0 Å². The summed E-state index contributed by atoms with van der Waals surface area (Å²) in [6, 6.07) is 14.3. The van der Waals surface area contributed by atoms with Crippen molar-refractivity contribution in [2.45, 2.75) is 81.6 Å². The van der Waals surface area contributed by atoms with Crippen LogP contribution in [0.4, 0.5) is 10.2 Å². The Bertz CT molecular complexity index is 1910. The third-order valence-corrected chi connectivity index (χ3v) is 11.5. The second kappa shape index (κ2) is 11.0. The molecule has 5 heterocycles. The lowest BCUT2D eigenvalue weighted by Gasteiger charge is -2.39. The van der Waals surface area contributed by atoms with Crippen molar-refractivity contribution in [3.8, 4) is 35.2 Å². The minimum atomic E-state index is -0.489. The van der Waals surface area contributed by atoms with Gasteiger partial charge < -0.3 is 25.2 Å². The highest BCUT2D eigenvalue weighted by Crippen LogP contribution is 2.50. The number of anilines is 1. The molecule has 1 aromatic heterocycles. The zero-order valence-electron chi connectivity index (χ0n) is 26.5. The molecule has 4 unspecified atom stereocenters. The maximum Gasteiger partial charge on any atom is 0.319 e. The van der Waals surface area contributed by atoms with Gasteiger partial charge in [0.2, 0.25) is 0 Å². The molecule has 5 fully saturated rings. The summed E-state index contributed by atoms with van der Waals surface area (Å²) in [4.78, 5) is 14.6. The van der Waals surface area contributed by atoms with E-state index in [2.05, 4.69) is 21.0 Å². The normalized spacial score (nSPS) is 27.8. The first-order valence-electron chi connectivity index (χ1n) is 17.2. The van der Waals surface area contributed by atoms with Crippen LogP contribution in [-0.4, -0.2) is 81.6 Å². The van der Waals surface area contributed by atoms with Crippen molar-refractivity contribution in [1.82, 2.24) is 20.2 Å². The molecule has 0 spiro atoms. The number of rotatable bonds is 7. The molecule has 4 aromatic rings. The van der Waals surface area contributed by atoms with Gasteiger partial charge in [-0.15, -0.1) is 6.42 Å². The highest BCUT2D eigenvalue weighted by Gasteiger charge is 2.50. The monoisotopic (exact) mass is 633 g/mol. The van der Waals surface area contributed by atoms with Crippen molar-refractivity contribution in [3.05, 3.63) is 53.8 Å². The summed E-state index contributed by atoms with van der Waals surface area (Å²) in [5.41, 5.74) is 1.71. The van der Waals surface area contributed by atoms with E-state index >= 15 is 4.39 Å². The summed E-state index contributed by atoms with van der Waals surface area (Å²) >= 11 is 0. The Morgan fingerprint density at radius 3 is 2.49 bits per heavy atom. The number of ether oxygens (including phenoxy) is 1. The maximum atomic E-state index is 16.9. The number of fused-ring (bicyclic) bond motifs is 6. The number of benzene rings is 3. The molecular weight excluding hydrogens is 593 g/mol. The Morgan fingerprint density at radius 2 is 1.77 bits per heavy atom. The first kappa shape index (κ1) is 29.2. The number of halogens is 1. The number of hydrogen-bond donors (Lipinski definition) is 3. The first-order valence-corrected chi connectivity index (χ1v) is 17.2. The molecule has 5 aliphatic rings. The van der Waals surface area contributed by atoms with Crippen LogP contribution >= 0.6 is 0 Å². The summed E-state index contributed by atoms with van der Waals surface area (Å²) < 4.78 is 23.4. The molecule has 4 atom stereocenters. The predicted octanol–water partition coefficient (Wildman–Crippen LogP) is 5.36. The second-order valence-corrected chi connectivity index (χ2v) is 14.7. The molecule has 3 aromatic carbocycles. The van der Waals surface area contributed by atoms with Crippen LogP contribution in [0.1, 0.15) is 56.9 Å². The number of aliphatic hydroxyl groups excluding tert-OH is 1. The minimum Gasteiger partial charge on any atom is -0.508 e. The Kier molecular flexibility index (Phi) is 6.86. The van der Waals surface area contributed by atoms with Gasteiger partial charge in [0.1, 0.15) is 17.1 Å². The molecule has 4 saturated heterocycles. The Balaban J connectivity index is 1.10. The smallest absolute Gasteiger partial charge is 0.319 e. The summed E-state index contributed by atoms with van der Waals surface area (Å²) in [6.07, 6.45) is 14.1. The number of aromatic hydroxyl groups is 1. The fourth-order valence-corrected chi connectivity index (χ4v) is 8.99. The number of phenols is 1. The molecule has 4 bridgehead atoms. The lowest BCUT2D eigenvalue weighted by molar-refractivity contribution is 0.0182. The Morgan fingerprint density at radius 1 is 1.00 bits per heavy atom. The van der Waals surface area contributed by atoms with E-state index in [0.717, 1.165) is 76.4 Å². The number of piperazine rings is 1. The number of hydrogen-bond acceptors (Lipinski definition) is 8. The largest absolute Gasteiger partial charge is 0.508 e. The van der Waals surface area contributed by atoms with Crippen molar-refractivity contribution in [2.75, 3.05) is 31.1 Å². The maximum absolute atomic E-state index is 16.9. The van der Waals surface area contributed by atoms with Crippen molar-refractivity contribution >= 4 is 27.5 Å². The van der Waals surface area contributed by atoms with Gasteiger partial charge in [0.05, 0.1) is 12.7 Å². The van der Waals surface area contributed by atoms with Crippen LogP contribution < -0.4 is 15.0 Å². The Labute approximate surface area is 273 Å². The quantitative estimate of drug-likeness (QED) is 0.234. The Hall–Kier alpha value is -3.97. The zero-order chi connectivity index (χ0) is 31.9. The average Bonchev–Trinajstić information content (AvgIpc) is 3.70. The first-order chi connectivity index (χ1) is 22.9. The third-order valence-electron chi connectivity index (χ3n) is 11.5. The van der Waals surface area contributed by atoms with Gasteiger partial charge >= 0.3 is 6.01 Å². The SMILES string of the molecule is C#Cc1cccc2cc(O)cc(-c3ccc4c(N5CC6CCC(C5)N6)nc(OCC5(CN6C7CCC6CC(O)C7)CC5)nc4c3F)c12. The standard InChI is InChI=1S/C38H40FN5O3/c1-2-22-4-3-5-23-14-28(45)17-32(33(22)23)30-10-11-31-35(34(30)39)41-37(42-36(31)43-18-24-6-7-25(19-43)40-24)47-21-38(12-13-38)20-44-26-8-9-27(44)16-29(46)15-26/h1,3-5,10-11,14,17,24-27,29,40,45-46H,6-9,12-13,15-16,18-21H2. The van der Waals surface area contributed by atoms with Gasteiger partial charge in [-0.05, 0) is 86.6 Å². The van der Waals surface area contributed by atoms with Gasteiger partial charge in [-0.1, -0.05) is 24.1 Å². The lowest BCUT2D eigenvalue weighted by Crippen LogP contribution is -2.51. The fraction of sp³-hybridized carbons (Fsp3) is 0.474. The number of phenolic OH excluding ortho intramolecular Hbond substituents is 1. The molecule has 3 N–H and O–H groups in total. The lowest BCUT2D eigenvalue weighted by atomic mass is 9.93. The molecule has 1 aliphatic carbocycles. The van der Waals surface area contributed by atoms with E-state index < -0.39 is 5.82 Å². The molecule has 242 valence electrons. The van der Waals surface area contributed by atoms with E-state index in [9.17, 15) is 10.2 Å². The number of nitrogens with one attached hydrogen (secondary N) is 1. The van der Waals surface area contributed by atoms with Crippen LogP contribution in [0.15, 0.2) is 42.5 Å². The number of aromatic nitrogens is 2. The number of aliphatic hydroxyl groups is 1. The van der Waals surface area contributed by atoms with E-state index in [0.29, 0.717) is 64.1 Å². The summed E-state index contributed by atoms with van der Waals surface area (Å²) in [7, 11) is 0. The molecule has 0 radical (unpaired) electrons. The van der Waals surface area contributed by atoms with Gasteiger partial charge in [0, 0.05) is 71.1 Å². The molecule has 9 heteroatoms. The van der Waals surface area contributed by atoms with Gasteiger partial charge in [-0.3, -0.25) is 4.90 Å². The highest BCUT2D eigenvalue weighted by atomic mass is 19.1. The number of piperidine rings is 1. The van der Waals surface area contributed by atoms with Crippen molar-refractivity contribution in [2.24, 2.45) is 5.41 Å². The molecule has 47 heavy (non-hydrogen) atoms. The van der Waals surface area contributed by atoms with Crippen LogP contribution in [-0.2, 0) is 0 Å². The zero-order valence-corrected chi connectivity index (χ0v) is 26.5. The van der Waals surface area contributed by atoms with E-state index in [1.807, 2.05) is 24.3 Å². The number of terminal acetylenes is 1. The van der Waals surface area contributed by atoms with Crippen LogP contribution in [0.2, 0.25) is 0 Å². The van der Waals surface area contributed by atoms with Gasteiger partial charge in [0.15, 0.2) is 5.82 Å². The molecule has 0 amide bonds. The van der Waals surface area contributed by atoms with Crippen LogP contribution in [0.25, 0.3) is 32.8 Å². The van der Waals surface area contributed by atoms with Gasteiger partial charge in [0.25, 0.3) is 0 Å². The minimum absolute atomic E-state index is 0.0300.